The van der Waals surface area contributed by atoms with E-state index >= 15 is 0 Å². The Morgan fingerprint density at radius 1 is 0.882 bits per heavy atom. The number of nitrogens with one attached hydrogen (secondary N) is 2. The molecule has 0 aromatic rings. The summed E-state index contributed by atoms with van der Waals surface area (Å²) < 4.78 is 0. The molecule has 0 bridgehead atoms. The highest BCUT2D eigenvalue weighted by atomic mass is 15.0. The van der Waals surface area contributed by atoms with Crippen LogP contribution in [-0.4, -0.2) is 25.2 Å². The van der Waals surface area contributed by atoms with Gasteiger partial charge in [-0.15, -0.1) is 0 Å². The zero-order valence-corrected chi connectivity index (χ0v) is 12.1. The molecular weight excluding hydrogens is 208 g/mol. The summed E-state index contributed by atoms with van der Waals surface area (Å²) in [7, 11) is 0. The zero-order chi connectivity index (χ0) is 12.5. The van der Waals surface area contributed by atoms with Crippen LogP contribution < -0.4 is 10.6 Å². The molecule has 17 heavy (non-hydrogen) atoms. The van der Waals surface area contributed by atoms with Crippen LogP contribution in [0.15, 0.2) is 0 Å². The van der Waals surface area contributed by atoms with Gasteiger partial charge in [0.05, 0.1) is 0 Å². The van der Waals surface area contributed by atoms with E-state index in [1.54, 1.807) is 0 Å². The molecule has 1 aliphatic carbocycles. The van der Waals surface area contributed by atoms with Crippen molar-refractivity contribution in [3.8, 4) is 0 Å². The Balaban J connectivity index is 1.91. The first-order valence-electron chi connectivity index (χ1n) is 7.33. The van der Waals surface area contributed by atoms with Gasteiger partial charge in [0.2, 0.25) is 0 Å². The van der Waals surface area contributed by atoms with Gasteiger partial charge in [0.15, 0.2) is 0 Å². The largest absolute Gasteiger partial charge is 0.317 e. The highest BCUT2D eigenvalue weighted by molar-refractivity contribution is 4.93. The predicted octanol–water partition coefficient (Wildman–Crippen LogP) is 2.93. The predicted molar refractivity (Wildman–Crippen MR) is 74.2 cm³/mol. The Kier molecular flexibility index (Phi) is 3.84. The number of rotatable bonds is 2. The lowest BCUT2D eigenvalue weighted by atomic mass is 9.63. The van der Waals surface area contributed by atoms with Gasteiger partial charge in [-0.2, -0.15) is 0 Å². The van der Waals surface area contributed by atoms with Gasteiger partial charge in [0.25, 0.3) is 0 Å². The van der Waals surface area contributed by atoms with Gasteiger partial charge in [0.1, 0.15) is 0 Å². The van der Waals surface area contributed by atoms with Crippen LogP contribution in [-0.2, 0) is 0 Å². The molecule has 0 aromatic heterocycles. The minimum atomic E-state index is 0.506. The standard InChI is InChI=1S/C15H30N2/c1-14(2)9-13(10-15(3,4)11-14)17-12-5-7-16-8-6-12/h12-13,16-17H,5-11H2,1-4H3. The summed E-state index contributed by atoms with van der Waals surface area (Å²) in [6.45, 7) is 12.1. The molecule has 0 atom stereocenters. The molecule has 0 amide bonds. The minimum absolute atomic E-state index is 0.506. The van der Waals surface area contributed by atoms with Crippen molar-refractivity contribution in [3.05, 3.63) is 0 Å². The van der Waals surface area contributed by atoms with E-state index in [1.807, 2.05) is 0 Å². The van der Waals surface area contributed by atoms with Gasteiger partial charge >= 0.3 is 0 Å². The van der Waals surface area contributed by atoms with Gasteiger partial charge in [0, 0.05) is 12.1 Å². The van der Waals surface area contributed by atoms with Crippen molar-refractivity contribution in [1.29, 1.82) is 0 Å². The number of hydrogen-bond donors (Lipinski definition) is 2. The molecule has 0 unspecified atom stereocenters. The highest BCUT2D eigenvalue weighted by Gasteiger charge is 2.38. The number of piperidine rings is 1. The van der Waals surface area contributed by atoms with E-state index in [2.05, 4.69) is 38.3 Å². The average molecular weight is 238 g/mol. The van der Waals surface area contributed by atoms with Crippen molar-refractivity contribution in [2.45, 2.75) is 71.9 Å². The van der Waals surface area contributed by atoms with E-state index in [4.69, 9.17) is 0 Å². The van der Waals surface area contributed by atoms with Crippen molar-refractivity contribution in [1.82, 2.24) is 10.6 Å². The van der Waals surface area contributed by atoms with E-state index < -0.39 is 0 Å². The molecule has 1 saturated carbocycles. The van der Waals surface area contributed by atoms with E-state index in [9.17, 15) is 0 Å². The molecule has 100 valence electrons. The third-order valence-electron chi connectivity index (χ3n) is 4.37. The molecule has 2 heteroatoms. The first kappa shape index (κ1) is 13.4. The van der Waals surface area contributed by atoms with Gasteiger partial charge in [-0.1, -0.05) is 27.7 Å². The summed E-state index contributed by atoms with van der Waals surface area (Å²) in [5.74, 6) is 0. The van der Waals surface area contributed by atoms with E-state index in [1.165, 1.54) is 45.2 Å². The molecule has 2 N–H and O–H groups in total. The summed E-state index contributed by atoms with van der Waals surface area (Å²) in [5.41, 5.74) is 1.01. The fourth-order valence-electron chi connectivity index (χ4n) is 4.29. The third kappa shape index (κ3) is 3.96. The van der Waals surface area contributed by atoms with Crippen LogP contribution in [0, 0.1) is 10.8 Å². The second-order valence-corrected chi connectivity index (χ2v) is 7.80. The molecule has 2 nitrogen and oxygen atoms in total. The maximum Gasteiger partial charge on any atom is 0.00938 e. The molecule has 0 spiro atoms. The molecular formula is C15H30N2. The third-order valence-corrected chi connectivity index (χ3v) is 4.37. The lowest BCUT2D eigenvalue weighted by Gasteiger charge is -2.46. The molecule has 1 saturated heterocycles. The Bertz CT molecular complexity index is 236. The minimum Gasteiger partial charge on any atom is -0.317 e. The Labute approximate surface area is 107 Å². The van der Waals surface area contributed by atoms with E-state index in [0.29, 0.717) is 10.8 Å². The van der Waals surface area contributed by atoms with E-state index in [0.717, 1.165) is 12.1 Å². The smallest absolute Gasteiger partial charge is 0.00938 e. The van der Waals surface area contributed by atoms with Crippen molar-refractivity contribution in [2.24, 2.45) is 10.8 Å². The van der Waals surface area contributed by atoms with Gasteiger partial charge < -0.3 is 10.6 Å². The topological polar surface area (TPSA) is 24.1 Å². The summed E-state index contributed by atoms with van der Waals surface area (Å²) in [6.07, 6.45) is 6.67. The maximum absolute atomic E-state index is 3.93. The first-order chi connectivity index (χ1) is 7.86. The van der Waals surface area contributed by atoms with Crippen LogP contribution in [0.1, 0.15) is 59.8 Å². The first-order valence-corrected chi connectivity index (χ1v) is 7.33. The number of hydrogen-bond acceptors (Lipinski definition) is 2. The molecule has 2 fully saturated rings. The lowest BCUT2D eigenvalue weighted by Crippen LogP contribution is -2.50. The van der Waals surface area contributed by atoms with Gasteiger partial charge in [-0.3, -0.25) is 0 Å². The molecule has 0 radical (unpaired) electrons. The summed E-state index contributed by atoms with van der Waals surface area (Å²) >= 11 is 0. The van der Waals surface area contributed by atoms with Crippen molar-refractivity contribution in [3.63, 3.8) is 0 Å². The van der Waals surface area contributed by atoms with Crippen LogP contribution >= 0.6 is 0 Å². The maximum atomic E-state index is 3.93. The van der Waals surface area contributed by atoms with Crippen LogP contribution in [0.5, 0.6) is 0 Å². The average Bonchev–Trinajstić information content (AvgIpc) is 2.13. The van der Waals surface area contributed by atoms with E-state index in [-0.39, 0.29) is 0 Å². The van der Waals surface area contributed by atoms with Gasteiger partial charge in [-0.05, 0) is 56.0 Å². The molecule has 1 aliphatic heterocycles. The van der Waals surface area contributed by atoms with Crippen molar-refractivity contribution in [2.75, 3.05) is 13.1 Å². The quantitative estimate of drug-likeness (QED) is 0.773. The van der Waals surface area contributed by atoms with Crippen LogP contribution in [0.2, 0.25) is 0 Å². The Morgan fingerprint density at radius 2 is 1.41 bits per heavy atom. The monoisotopic (exact) mass is 238 g/mol. The second kappa shape index (κ2) is 4.89. The normalized spacial score (nSPS) is 30.4. The van der Waals surface area contributed by atoms with Crippen molar-refractivity contribution >= 4 is 0 Å². The summed E-state index contributed by atoms with van der Waals surface area (Å²) in [5, 5.41) is 7.37. The summed E-state index contributed by atoms with van der Waals surface area (Å²) in [6, 6.07) is 1.49. The fraction of sp³-hybridized carbons (Fsp3) is 1.00. The SMILES string of the molecule is CC1(C)CC(NC2CCNCC2)CC(C)(C)C1. The lowest BCUT2D eigenvalue weighted by molar-refractivity contribution is 0.0781. The molecule has 0 aromatic carbocycles. The van der Waals surface area contributed by atoms with Crippen LogP contribution in [0.4, 0.5) is 0 Å². The Hall–Kier alpha value is -0.0800. The van der Waals surface area contributed by atoms with Crippen LogP contribution in [0.25, 0.3) is 0 Å². The molecule has 2 rings (SSSR count). The Morgan fingerprint density at radius 3 is 1.94 bits per heavy atom. The molecule has 2 aliphatic rings. The fourth-order valence-corrected chi connectivity index (χ4v) is 4.29. The summed E-state index contributed by atoms with van der Waals surface area (Å²) in [4.78, 5) is 0. The van der Waals surface area contributed by atoms with Crippen LogP contribution in [0.3, 0.4) is 0 Å². The van der Waals surface area contributed by atoms with Gasteiger partial charge in [-0.25, -0.2) is 0 Å². The van der Waals surface area contributed by atoms with Crippen molar-refractivity contribution < 1.29 is 0 Å². The second-order valence-electron chi connectivity index (χ2n) is 7.80. The zero-order valence-electron chi connectivity index (χ0n) is 12.1. The highest BCUT2D eigenvalue weighted by Crippen LogP contribution is 2.45. The molecule has 1 heterocycles.